The van der Waals surface area contributed by atoms with Crippen LogP contribution in [-0.2, 0) is 6.54 Å². The lowest BCUT2D eigenvalue weighted by molar-refractivity contribution is -0.555. The fraction of sp³-hybridized carbons (Fsp3) is 0.500. The molecule has 1 aliphatic heterocycles. The van der Waals surface area contributed by atoms with E-state index in [9.17, 15) is 0 Å². The van der Waals surface area contributed by atoms with E-state index in [-0.39, 0.29) is 18.4 Å². The molecule has 1 atom stereocenters. The van der Waals surface area contributed by atoms with Crippen molar-refractivity contribution in [3.05, 3.63) is 36.4 Å². The summed E-state index contributed by atoms with van der Waals surface area (Å²) in [4.78, 5) is 4.64. The number of aryl methyl sites for hydroxylation is 1. The largest absolute Gasteiger partial charge is 1.00 e. The molecule has 0 unspecified atom stereocenters. The Labute approximate surface area is 183 Å². The quantitative estimate of drug-likeness (QED) is 0.312. The fourth-order valence-electron chi connectivity index (χ4n) is 4.24. The van der Waals surface area contributed by atoms with Gasteiger partial charge < -0.3 is 21.5 Å². The Morgan fingerprint density at radius 1 is 1.20 bits per heavy atom. The van der Waals surface area contributed by atoms with Gasteiger partial charge in [-0.05, 0) is 43.5 Å². The fourth-order valence-corrected chi connectivity index (χ4v) is 4.24. The molecule has 0 bridgehead atoms. The molecule has 7 nitrogen and oxygen atoms in total. The van der Waals surface area contributed by atoms with Crippen molar-refractivity contribution in [1.29, 1.82) is 0 Å². The highest BCUT2D eigenvalue weighted by Gasteiger charge is 2.31. The molecule has 0 spiro atoms. The number of rotatable bonds is 8. The van der Waals surface area contributed by atoms with E-state index >= 15 is 0 Å². The summed E-state index contributed by atoms with van der Waals surface area (Å²) in [7, 11) is 0. The summed E-state index contributed by atoms with van der Waals surface area (Å²) >= 11 is 0. The predicted octanol–water partition coefficient (Wildman–Crippen LogP) is 0.787. The molecule has 0 saturated carbocycles. The number of nitrogens with zero attached hydrogens (tertiary/aromatic N) is 4. The summed E-state index contributed by atoms with van der Waals surface area (Å²) in [6.07, 6.45) is 10.6. The molecule has 8 heteroatoms. The third kappa shape index (κ3) is 4.61. The zero-order chi connectivity index (χ0) is 20.2. The average Bonchev–Trinajstić information content (AvgIpc) is 3.46. The van der Waals surface area contributed by atoms with E-state index in [1.807, 2.05) is 4.58 Å². The molecule has 162 valence electrons. The van der Waals surface area contributed by atoms with Crippen LogP contribution in [0.5, 0.6) is 0 Å². The van der Waals surface area contributed by atoms with Gasteiger partial charge in [0.2, 0.25) is 5.82 Å². The highest BCUT2D eigenvalue weighted by atomic mass is 35.5. The normalized spacial score (nSPS) is 16.2. The molecule has 1 aliphatic rings. The van der Waals surface area contributed by atoms with Crippen LogP contribution in [0.2, 0.25) is 0 Å². The van der Waals surface area contributed by atoms with Crippen molar-refractivity contribution in [3.8, 4) is 11.4 Å². The molecule has 0 amide bonds. The van der Waals surface area contributed by atoms with Crippen LogP contribution in [0, 0.1) is 0 Å². The van der Waals surface area contributed by atoms with Gasteiger partial charge in [-0.3, -0.25) is 16.0 Å². The van der Waals surface area contributed by atoms with Crippen molar-refractivity contribution in [2.45, 2.75) is 64.5 Å². The Hall–Kier alpha value is -2.54. The molecule has 1 aromatic carbocycles. The summed E-state index contributed by atoms with van der Waals surface area (Å²) in [5.41, 5.74) is 13.8. The van der Waals surface area contributed by atoms with Gasteiger partial charge in [0, 0.05) is 29.2 Å². The lowest BCUT2D eigenvalue weighted by Crippen LogP contribution is -3.00. The van der Waals surface area contributed by atoms with Crippen LogP contribution in [0.15, 0.2) is 35.0 Å². The van der Waals surface area contributed by atoms with E-state index in [2.05, 4.69) is 52.1 Å². The summed E-state index contributed by atoms with van der Waals surface area (Å²) in [5.74, 6) is 1.50. The van der Waals surface area contributed by atoms with Crippen LogP contribution < -0.4 is 23.9 Å². The SMILES string of the molecule is CCCCCCCn1ccc2cc(-c3noc([C@@H]4CCC[N+]4=C(N)N)n3)ccc21.[Cl-]. The first-order valence-corrected chi connectivity index (χ1v) is 10.7. The second-order valence-corrected chi connectivity index (χ2v) is 7.93. The molecule has 0 aliphatic carbocycles. The molecule has 0 radical (unpaired) electrons. The predicted molar refractivity (Wildman–Crippen MR) is 114 cm³/mol. The van der Waals surface area contributed by atoms with Gasteiger partial charge in [0.1, 0.15) is 0 Å². The monoisotopic (exact) mass is 430 g/mol. The Bertz CT molecular complexity index is 1000. The van der Waals surface area contributed by atoms with Crippen LogP contribution in [0.1, 0.15) is 63.8 Å². The van der Waals surface area contributed by atoms with Crippen molar-refractivity contribution in [3.63, 3.8) is 0 Å². The van der Waals surface area contributed by atoms with Crippen molar-refractivity contribution >= 4 is 16.9 Å². The summed E-state index contributed by atoms with van der Waals surface area (Å²) < 4.78 is 9.82. The zero-order valence-corrected chi connectivity index (χ0v) is 18.3. The van der Waals surface area contributed by atoms with Gasteiger partial charge in [0.25, 0.3) is 5.89 Å². The molecule has 3 heterocycles. The number of hydrogen-bond donors (Lipinski definition) is 2. The van der Waals surface area contributed by atoms with Crippen molar-refractivity contribution in [2.75, 3.05) is 6.54 Å². The van der Waals surface area contributed by atoms with Crippen LogP contribution >= 0.6 is 0 Å². The molecular formula is C22H31ClN6O. The number of fused-ring (bicyclic) bond motifs is 1. The Morgan fingerprint density at radius 3 is 2.83 bits per heavy atom. The lowest BCUT2D eigenvalue weighted by atomic mass is 10.1. The Morgan fingerprint density at radius 2 is 2.03 bits per heavy atom. The maximum Gasteiger partial charge on any atom is 0.341 e. The minimum Gasteiger partial charge on any atom is -1.00 e. The van der Waals surface area contributed by atoms with Crippen LogP contribution in [0.25, 0.3) is 22.3 Å². The number of guanidine groups is 1. The van der Waals surface area contributed by atoms with Gasteiger partial charge in [-0.1, -0.05) is 37.8 Å². The smallest absolute Gasteiger partial charge is 0.341 e. The van der Waals surface area contributed by atoms with Gasteiger partial charge in [-0.25, -0.2) is 0 Å². The molecular weight excluding hydrogens is 400 g/mol. The Balaban J connectivity index is 0.00000256. The van der Waals surface area contributed by atoms with Gasteiger partial charge >= 0.3 is 5.96 Å². The molecule has 3 aromatic rings. The average molecular weight is 431 g/mol. The van der Waals surface area contributed by atoms with E-state index < -0.39 is 0 Å². The maximum absolute atomic E-state index is 5.79. The van der Waals surface area contributed by atoms with Crippen LogP contribution in [0.3, 0.4) is 0 Å². The van der Waals surface area contributed by atoms with E-state index in [1.165, 1.54) is 43.0 Å². The second kappa shape index (κ2) is 9.98. The zero-order valence-electron chi connectivity index (χ0n) is 17.6. The number of nitrogens with two attached hydrogens (primary N) is 2. The van der Waals surface area contributed by atoms with Crippen molar-refractivity contribution in [1.82, 2.24) is 14.7 Å². The minimum absolute atomic E-state index is 0. The van der Waals surface area contributed by atoms with Crippen molar-refractivity contribution in [2.24, 2.45) is 11.5 Å². The second-order valence-electron chi connectivity index (χ2n) is 7.93. The lowest BCUT2D eigenvalue weighted by Gasteiger charge is -2.07. The Kier molecular flexibility index (Phi) is 7.37. The summed E-state index contributed by atoms with van der Waals surface area (Å²) in [5, 5.41) is 5.40. The van der Waals surface area contributed by atoms with E-state index in [0.717, 1.165) is 31.5 Å². The minimum atomic E-state index is -0.0289. The van der Waals surface area contributed by atoms with Gasteiger partial charge in [0.15, 0.2) is 6.04 Å². The molecule has 30 heavy (non-hydrogen) atoms. The van der Waals surface area contributed by atoms with Crippen LogP contribution in [-0.4, -0.2) is 31.8 Å². The van der Waals surface area contributed by atoms with Crippen molar-refractivity contribution < 1.29 is 21.5 Å². The summed E-state index contributed by atoms with van der Waals surface area (Å²) in [6, 6.07) is 8.49. The maximum atomic E-state index is 5.79. The van der Waals surface area contributed by atoms with Gasteiger partial charge in [-0.15, -0.1) is 0 Å². The molecule has 4 N–H and O–H groups in total. The number of hydrogen-bond acceptors (Lipinski definition) is 3. The first-order valence-electron chi connectivity index (χ1n) is 10.7. The number of unbranched alkanes of at least 4 members (excludes halogenated alkanes) is 4. The third-order valence-electron chi connectivity index (χ3n) is 5.84. The first kappa shape index (κ1) is 22.2. The number of benzene rings is 1. The van der Waals surface area contributed by atoms with Crippen LogP contribution in [0.4, 0.5) is 0 Å². The third-order valence-corrected chi connectivity index (χ3v) is 5.84. The molecule has 4 rings (SSSR count). The highest BCUT2D eigenvalue weighted by molar-refractivity contribution is 5.84. The first-order chi connectivity index (χ1) is 14.2. The molecule has 1 saturated heterocycles. The number of aromatic nitrogens is 3. The van der Waals surface area contributed by atoms with Gasteiger partial charge in [-0.2, -0.15) is 4.98 Å². The van der Waals surface area contributed by atoms with Gasteiger partial charge in [0.05, 0.1) is 6.54 Å². The van der Waals surface area contributed by atoms with E-state index in [0.29, 0.717) is 17.7 Å². The topological polar surface area (TPSA) is 98.9 Å². The molecule has 1 fully saturated rings. The van der Waals surface area contributed by atoms with E-state index in [4.69, 9.17) is 16.0 Å². The molecule has 2 aromatic heterocycles. The highest BCUT2D eigenvalue weighted by Crippen LogP contribution is 2.29. The summed E-state index contributed by atoms with van der Waals surface area (Å²) in [6.45, 7) is 4.13. The number of halogens is 1. The standard InChI is InChI=1S/C22H30N6O.ClH/c1-2-3-4-5-6-12-27-14-11-16-15-17(9-10-18(16)27)20-25-21(29-26-20)19-8-7-13-28(19)22(23)24;/h9-11,14-15,19H,2-8,12-13H2,1H3,(H3,23,24);1H/t19-;/m0./s1. The van der Waals surface area contributed by atoms with E-state index in [1.54, 1.807) is 0 Å².